The molecule has 16 heavy (non-hydrogen) atoms. The number of amides is 1. The number of hydrogen-bond acceptors (Lipinski definition) is 4. The molecule has 2 rings (SSSR count). The Morgan fingerprint density at radius 1 is 1.56 bits per heavy atom. The molecule has 1 unspecified atom stereocenters. The first-order valence-corrected chi connectivity index (χ1v) is 5.48. The van der Waals surface area contributed by atoms with Gasteiger partial charge in [-0.25, -0.2) is 4.98 Å². The van der Waals surface area contributed by atoms with Crippen LogP contribution >= 0.6 is 0 Å². The number of nitrogens with one attached hydrogen (secondary N) is 1. The van der Waals surface area contributed by atoms with Crippen LogP contribution in [0.3, 0.4) is 0 Å². The summed E-state index contributed by atoms with van der Waals surface area (Å²) in [6, 6.07) is 0. The predicted octanol–water partition coefficient (Wildman–Crippen LogP) is 1.23. The third-order valence-corrected chi connectivity index (χ3v) is 2.63. The zero-order chi connectivity index (χ0) is 11.2. The zero-order valence-electron chi connectivity index (χ0n) is 9.06. The summed E-state index contributed by atoms with van der Waals surface area (Å²) in [6.07, 6.45) is 7.14. The molecule has 0 saturated carbocycles. The molecule has 1 aromatic rings. The quantitative estimate of drug-likeness (QED) is 0.830. The summed E-state index contributed by atoms with van der Waals surface area (Å²) in [7, 11) is 0. The minimum atomic E-state index is -0.00704. The predicted molar refractivity (Wildman–Crippen MR) is 58.8 cm³/mol. The Hall–Kier alpha value is -1.49. The summed E-state index contributed by atoms with van der Waals surface area (Å²) in [6.45, 7) is 1.62. The SMILES string of the molecule is O=C(CCC1CCOC1)Nc1cnccn1. The van der Waals surface area contributed by atoms with Gasteiger partial charge in [0.1, 0.15) is 0 Å². The average molecular weight is 221 g/mol. The highest BCUT2D eigenvalue weighted by Crippen LogP contribution is 2.18. The maximum Gasteiger partial charge on any atom is 0.225 e. The summed E-state index contributed by atoms with van der Waals surface area (Å²) in [5, 5.41) is 2.71. The van der Waals surface area contributed by atoms with Crippen molar-refractivity contribution < 1.29 is 9.53 Å². The van der Waals surface area contributed by atoms with E-state index in [1.165, 1.54) is 6.20 Å². The van der Waals surface area contributed by atoms with Gasteiger partial charge in [-0.1, -0.05) is 0 Å². The Labute approximate surface area is 94.2 Å². The van der Waals surface area contributed by atoms with Crippen LogP contribution in [0.2, 0.25) is 0 Å². The van der Waals surface area contributed by atoms with E-state index < -0.39 is 0 Å². The lowest BCUT2D eigenvalue weighted by Crippen LogP contribution is -2.14. The maximum absolute atomic E-state index is 11.5. The average Bonchev–Trinajstić information content (AvgIpc) is 2.81. The number of ether oxygens (including phenoxy) is 1. The number of rotatable bonds is 4. The Bertz CT molecular complexity index is 336. The van der Waals surface area contributed by atoms with Gasteiger partial charge in [-0.2, -0.15) is 0 Å². The molecule has 2 heterocycles. The van der Waals surface area contributed by atoms with Gasteiger partial charge in [-0.3, -0.25) is 9.78 Å². The van der Waals surface area contributed by atoms with Crippen LogP contribution in [0.15, 0.2) is 18.6 Å². The van der Waals surface area contributed by atoms with Crippen LogP contribution in [0.5, 0.6) is 0 Å². The van der Waals surface area contributed by atoms with Crippen LogP contribution in [0.4, 0.5) is 5.82 Å². The molecule has 86 valence electrons. The third-order valence-electron chi connectivity index (χ3n) is 2.63. The van der Waals surface area contributed by atoms with E-state index in [4.69, 9.17) is 4.74 Å². The minimum Gasteiger partial charge on any atom is -0.381 e. The van der Waals surface area contributed by atoms with Gasteiger partial charge in [0.25, 0.3) is 0 Å². The molecule has 5 heteroatoms. The lowest BCUT2D eigenvalue weighted by molar-refractivity contribution is -0.116. The van der Waals surface area contributed by atoms with Crippen LogP contribution in [-0.4, -0.2) is 29.1 Å². The van der Waals surface area contributed by atoms with Crippen LogP contribution in [0.25, 0.3) is 0 Å². The normalized spacial score (nSPS) is 19.6. The number of anilines is 1. The Kier molecular flexibility index (Phi) is 3.82. The van der Waals surface area contributed by atoms with Crippen molar-refractivity contribution in [1.82, 2.24) is 9.97 Å². The highest BCUT2D eigenvalue weighted by molar-refractivity contribution is 5.89. The van der Waals surface area contributed by atoms with Gasteiger partial charge in [0.15, 0.2) is 5.82 Å². The molecule has 1 amide bonds. The molecule has 1 aliphatic heterocycles. The number of aromatic nitrogens is 2. The first-order valence-electron chi connectivity index (χ1n) is 5.48. The van der Waals surface area contributed by atoms with E-state index in [0.29, 0.717) is 18.2 Å². The van der Waals surface area contributed by atoms with Crippen molar-refractivity contribution in [1.29, 1.82) is 0 Å². The summed E-state index contributed by atoms with van der Waals surface area (Å²) in [5.41, 5.74) is 0. The standard InChI is InChI=1S/C11H15N3O2/c15-11(2-1-9-3-6-16-8-9)14-10-7-12-4-5-13-10/h4-5,7,9H,1-3,6,8H2,(H,13,14,15). The van der Waals surface area contributed by atoms with Crippen molar-refractivity contribution in [2.45, 2.75) is 19.3 Å². The summed E-state index contributed by atoms with van der Waals surface area (Å²) < 4.78 is 5.25. The number of nitrogens with zero attached hydrogens (tertiary/aromatic N) is 2. The molecule has 0 bridgehead atoms. The van der Waals surface area contributed by atoms with Crippen molar-refractivity contribution in [2.24, 2.45) is 5.92 Å². The van der Waals surface area contributed by atoms with E-state index in [1.807, 2.05) is 0 Å². The first kappa shape index (κ1) is 11.0. The molecular formula is C11H15N3O2. The van der Waals surface area contributed by atoms with E-state index in [2.05, 4.69) is 15.3 Å². The van der Waals surface area contributed by atoms with Gasteiger partial charge in [0.2, 0.25) is 5.91 Å². The topological polar surface area (TPSA) is 64.1 Å². The van der Waals surface area contributed by atoms with Gasteiger partial charge in [0.05, 0.1) is 6.20 Å². The summed E-state index contributed by atoms with van der Waals surface area (Å²) in [5.74, 6) is 1.04. The van der Waals surface area contributed by atoms with Crippen molar-refractivity contribution in [3.63, 3.8) is 0 Å². The molecule has 1 aliphatic rings. The van der Waals surface area contributed by atoms with Gasteiger partial charge >= 0.3 is 0 Å². The zero-order valence-corrected chi connectivity index (χ0v) is 9.06. The molecule has 1 fully saturated rings. The van der Waals surface area contributed by atoms with E-state index in [-0.39, 0.29) is 5.91 Å². The fourth-order valence-corrected chi connectivity index (χ4v) is 1.72. The van der Waals surface area contributed by atoms with Crippen LogP contribution in [-0.2, 0) is 9.53 Å². The van der Waals surface area contributed by atoms with Gasteiger partial charge < -0.3 is 10.1 Å². The molecule has 5 nitrogen and oxygen atoms in total. The second kappa shape index (κ2) is 5.55. The molecule has 1 aromatic heterocycles. The lowest BCUT2D eigenvalue weighted by Gasteiger charge is -2.07. The second-order valence-electron chi connectivity index (χ2n) is 3.91. The third kappa shape index (κ3) is 3.27. The number of hydrogen-bond donors (Lipinski definition) is 1. The smallest absolute Gasteiger partial charge is 0.225 e. The van der Waals surface area contributed by atoms with Gasteiger partial charge in [0, 0.05) is 32.0 Å². The van der Waals surface area contributed by atoms with Crippen molar-refractivity contribution >= 4 is 11.7 Å². The Balaban J connectivity index is 1.72. The molecule has 0 aromatic carbocycles. The first-order chi connectivity index (χ1) is 7.84. The van der Waals surface area contributed by atoms with Gasteiger partial charge in [-0.15, -0.1) is 0 Å². The highest BCUT2D eigenvalue weighted by Gasteiger charge is 2.16. The number of carbonyl (C=O) groups excluding carboxylic acids is 1. The molecule has 0 spiro atoms. The fourth-order valence-electron chi connectivity index (χ4n) is 1.72. The monoisotopic (exact) mass is 221 g/mol. The van der Waals surface area contributed by atoms with Gasteiger partial charge in [-0.05, 0) is 18.8 Å². The highest BCUT2D eigenvalue weighted by atomic mass is 16.5. The minimum absolute atomic E-state index is 0.00704. The fraction of sp³-hybridized carbons (Fsp3) is 0.545. The molecule has 1 N–H and O–H groups in total. The van der Waals surface area contributed by atoms with Crippen LogP contribution in [0, 0.1) is 5.92 Å². The molecule has 1 atom stereocenters. The maximum atomic E-state index is 11.5. The van der Waals surface area contributed by atoms with E-state index >= 15 is 0 Å². The Morgan fingerprint density at radius 2 is 2.50 bits per heavy atom. The van der Waals surface area contributed by atoms with E-state index in [0.717, 1.165) is 26.1 Å². The molecule has 0 aliphatic carbocycles. The van der Waals surface area contributed by atoms with Crippen LogP contribution in [0.1, 0.15) is 19.3 Å². The summed E-state index contributed by atoms with van der Waals surface area (Å²) in [4.78, 5) is 19.4. The summed E-state index contributed by atoms with van der Waals surface area (Å²) >= 11 is 0. The van der Waals surface area contributed by atoms with E-state index in [9.17, 15) is 4.79 Å². The second-order valence-corrected chi connectivity index (χ2v) is 3.91. The van der Waals surface area contributed by atoms with E-state index in [1.54, 1.807) is 12.4 Å². The van der Waals surface area contributed by atoms with Crippen molar-refractivity contribution in [3.8, 4) is 0 Å². The largest absolute Gasteiger partial charge is 0.381 e. The number of carbonyl (C=O) groups is 1. The lowest BCUT2D eigenvalue weighted by atomic mass is 10.0. The Morgan fingerprint density at radius 3 is 3.19 bits per heavy atom. The molecular weight excluding hydrogens is 206 g/mol. The van der Waals surface area contributed by atoms with Crippen LogP contribution < -0.4 is 5.32 Å². The van der Waals surface area contributed by atoms with Crippen molar-refractivity contribution in [2.75, 3.05) is 18.5 Å². The molecule has 1 saturated heterocycles. The molecule has 0 radical (unpaired) electrons. The van der Waals surface area contributed by atoms with Crippen molar-refractivity contribution in [3.05, 3.63) is 18.6 Å².